The minimum atomic E-state index is -3.97. The lowest BCUT2D eigenvalue weighted by Crippen LogP contribution is -2.13. The molecule has 0 saturated heterocycles. The van der Waals surface area contributed by atoms with Gasteiger partial charge in [-0.3, -0.25) is 23.2 Å². The molecule has 0 saturated carbocycles. The molecule has 2 aromatic carbocycles. The van der Waals surface area contributed by atoms with Crippen molar-refractivity contribution in [3.63, 3.8) is 0 Å². The van der Waals surface area contributed by atoms with Crippen molar-refractivity contribution < 1.29 is 27.7 Å². The SMILES string of the molecule is CC(=O)SCC(=O)COP(=O)(OCc1ccccc1)OCc1ccccc1. The molecule has 0 bridgehead atoms. The summed E-state index contributed by atoms with van der Waals surface area (Å²) in [6, 6.07) is 18.3. The average Bonchev–Trinajstić information content (AvgIpc) is 2.69. The van der Waals surface area contributed by atoms with Gasteiger partial charge in [0.1, 0.15) is 6.61 Å². The molecule has 0 heterocycles. The number of ketones is 1. The van der Waals surface area contributed by atoms with Crippen LogP contribution >= 0.6 is 19.6 Å². The Bertz CT molecular complexity index is 734. The quantitative estimate of drug-likeness (QED) is 0.510. The third-order valence-electron chi connectivity index (χ3n) is 3.28. The molecule has 0 unspecified atom stereocenters. The lowest BCUT2D eigenvalue weighted by molar-refractivity contribution is -0.119. The molecule has 2 aromatic rings. The third-order valence-corrected chi connectivity index (χ3v) is 5.49. The molecule has 0 aromatic heterocycles. The third kappa shape index (κ3) is 8.65. The van der Waals surface area contributed by atoms with Crippen molar-refractivity contribution in [2.75, 3.05) is 12.4 Å². The fourth-order valence-corrected chi connectivity index (χ4v) is 3.53. The van der Waals surface area contributed by atoms with E-state index in [0.717, 1.165) is 22.9 Å². The van der Waals surface area contributed by atoms with Crippen molar-refractivity contribution >= 4 is 30.5 Å². The molecule has 0 N–H and O–H groups in total. The molecule has 0 aliphatic heterocycles. The summed E-state index contributed by atoms with van der Waals surface area (Å²) in [6.45, 7) is 0.948. The summed E-state index contributed by atoms with van der Waals surface area (Å²) < 4.78 is 28.9. The Morgan fingerprint density at radius 3 is 1.78 bits per heavy atom. The number of Topliss-reactive ketones (excluding diaryl/α,β-unsaturated/α-hetero) is 1. The van der Waals surface area contributed by atoms with E-state index in [2.05, 4.69) is 0 Å². The Morgan fingerprint density at radius 2 is 1.33 bits per heavy atom. The maximum absolute atomic E-state index is 12.9. The highest BCUT2D eigenvalue weighted by Gasteiger charge is 2.28. The summed E-state index contributed by atoms with van der Waals surface area (Å²) >= 11 is 0.871. The number of phosphoric acid groups is 1. The second-order valence-electron chi connectivity index (χ2n) is 5.56. The molecule has 0 atom stereocenters. The van der Waals surface area contributed by atoms with Gasteiger partial charge in [0, 0.05) is 6.92 Å². The zero-order valence-electron chi connectivity index (χ0n) is 14.9. The first-order valence-corrected chi connectivity index (χ1v) is 10.7. The van der Waals surface area contributed by atoms with Crippen LogP contribution in [0.2, 0.25) is 0 Å². The van der Waals surface area contributed by atoms with E-state index in [1.54, 1.807) is 0 Å². The van der Waals surface area contributed by atoms with E-state index in [9.17, 15) is 14.2 Å². The molecule has 8 heteroatoms. The number of thioether (sulfide) groups is 1. The molecular weight excluding hydrogens is 387 g/mol. The largest absolute Gasteiger partial charge is 0.475 e. The number of hydrogen-bond donors (Lipinski definition) is 0. The van der Waals surface area contributed by atoms with Crippen LogP contribution in [0.5, 0.6) is 0 Å². The molecule has 0 radical (unpaired) electrons. The van der Waals surface area contributed by atoms with Crippen LogP contribution in [0, 0.1) is 0 Å². The number of hydrogen-bond acceptors (Lipinski definition) is 7. The van der Waals surface area contributed by atoms with Crippen LogP contribution in [-0.2, 0) is 40.9 Å². The first-order valence-electron chi connectivity index (χ1n) is 8.23. The lowest BCUT2D eigenvalue weighted by Gasteiger charge is -2.18. The molecule has 0 aliphatic rings. The van der Waals surface area contributed by atoms with Crippen molar-refractivity contribution in [2.45, 2.75) is 20.1 Å². The van der Waals surface area contributed by atoms with Crippen molar-refractivity contribution in [1.82, 2.24) is 0 Å². The lowest BCUT2D eigenvalue weighted by atomic mass is 10.2. The van der Waals surface area contributed by atoms with Gasteiger partial charge in [-0.1, -0.05) is 72.4 Å². The highest BCUT2D eigenvalue weighted by Crippen LogP contribution is 2.50. The highest BCUT2D eigenvalue weighted by molar-refractivity contribution is 8.14. The Balaban J connectivity index is 1.96. The number of carbonyl (C=O) groups excluding carboxylic acids is 2. The van der Waals surface area contributed by atoms with Crippen molar-refractivity contribution in [3.05, 3.63) is 71.8 Å². The van der Waals surface area contributed by atoms with E-state index in [-0.39, 0.29) is 29.9 Å². The van der Waals surface area contributed by atoms with Gasteiger partial charge in [-0.15, -0.1) is 0 Å². The number of benzene rings is 2. The van der Waals surface area contributed by atoms with Gasteiger partial charge in [0.05, 0.1) is 19.0 Å². The molecule has 6 nitrogen and oxygen atoms in total. The fourth-order valence-electron chi connectivity index (χ4n) is 1.94. The van der Waals surface area contributed by atoms with Gasteiger partial charge in [0.25, 0.3) is 0 Å². The monoisotopic (exact) mass is 408 g/mol. The van der Waals surface area contributed by atoms with Gasteiger partial charge in [0.2, 0.25) is 0 Å². The van der Waals surface area contributed by atoms with Gasteiger partial charge in [-0.25, -0.2) is 4.57 Å². The zero-order chi connectivity index (χ0) is 19.5. The van der Waals surface area contributed by atoms with Crippen LogP contribution in [0.1, 0.15) is 18.1 Å². The number of phosphoric ester groups is 1. The second kappa shape index (κ2) is 11.2. The summed E-state index contributed by atoms with van der Waals surface area (Å²) in [4.78, 5) is 22.7. The van der Waals surface area contributed by atoms with Gasteiger partial charge in [-0.05, 0) is 11.1 Å². The first-order chi connectivity index (χ1) is 13.0. The van der Waals surface area contributed by atoms with E-state index in [0.29, 0.717) is 0 Å². The maximum atomic E-state index is 12.9. The van der Waals surface area contributed by atoms with E-state index >= 15 is 0 Å². The van der Waals surface area contributed by atoms with Crippen LogP contribution < -0.4 is 0 Å². The van der Waals surface area contributed by atoms with Crippen LogP contribution in [-0.4, -0.2) is 23.3 Å². The Kier molecular flexibility index (Phi) is 8.91. The second-order valence-corrected chi connectivity index (χ2v) is 8.38. The molecule has 0 fully saturated rings. The van der Waals surface area contributed by atoms with Crippen molar-refractivity contribution in [3.8, 4) is 0 Å². The van der Waals surface area contributed by atoms with Gasteiger partial charge in [-0.2, -0.15) is 0 Å². The van der Waals surface area contributed by atoms with Crippen molar-refractivity contribution in [1.29, 1.82) is 0 Å². The van der Waals surface area contributed by atoms with E-state index < -0.39 is 14.4 Å². The van der Waals surface area contributed by atoms with Gasteiger partial charge >= 0.3 is 7.82 Å². The average molecular weight is 408 g/mol. The topological polar surface area (TPSA) is 78.9 Å². The van der Waals surface area contributed by atoms with E-state index in [1.807, 2.05) is 60.7 Å². The molecule has 0 amide bonds. The summed E-state index contributed by atoms with van der Waals surface area (Å²) in [5.41, 5.74) is 1.59. The normalized spacial score (nSPS) is 11.3. The first kappa shape index (κ1) is 21.5. The summed E-state index contributed by atoms with van der Waals surface area (Å²) in [6.07, 6.45) is 0. The standard InChI is InChI=1S/C19H21O6PS/c1-16(20)27-15-19(21)14-25-26(22,23-12-17-8-4-2-5-9-17)24-13-18-10-6-3-7-11-18/h2-11H,12-15H2,1H3. The van der Waals surface area contributed by atoms with E-state index in [4.69, 9.17) is 13.6 Å². The minimum Gasteiger partial charge on any atom is -0.296 e. The number of carbonyl (C=O) groups is 2. The zero-order valence-corrected chi connectivity index (χ0v) is 16.6. The Hall–Kier alpha value is -1.76. The highest BCUT2D eigenvalue weighted by atomic mass is 32.2. The molecule has 27 heavy (non-hydrogen) atoms. The molecule has 2 rings (SSSR count). The van der Waals surface area contributed by atoms with E-state index in [1.165, 1.54) is 6.92 Å². The predicted molar refractivity (Wildman–Crippen MR) is 104 cm³/mol. The summed E-state index contributed by atoms with van der Waals surface area (Å²) in [5, 5.41) is -0.174. The van der Waals surface area contributed by atoms with Gasteiger partial charge in [0.15, 0.2) is 10.9 Å². The van der Waals surface area contributed by atoms with Crippen LogP contribution in [0.4, 0.5) is 0 Å². The van der Waals surface area contributed by atoms with Crippen LogP contribution in [0.15, 0.2) is 60.7 Å². The molecule has 0 spiro atoms. The molecule has 0 aliphatic carbocycles. The van der Waals surface area contributed by atoms with Crippen LogP contribution in [0.25, 0.3) is 0 Å². The predicted octanol–water partition coefficient (Wildman–Crippen LogP) is 4.39. The smallest absolute Gasteiger partial charge is 0.296 e. The van der Waals surface area contributed by atoms with Gasteiger partial charge < -0.3 is 0 Å². The minimum absolute atomic E-state index is 0.0172. The number of rotatable bonds is 11. The molecular formula is C19H21O6PS. The summed E-state index contributed by atoms with van der Waals surface area (Å²) in [5.74, 6) is -0.422. The van der Waals surface area contributed by atoms with Crippen molar-refractivity contribution in [2.24, 2.45) is 0 Å². The Labute approximate surface area is 162 Å². The Morgan fingerprint density at radius 1 is 0.852 bits per heavy atom. The summed E-state index contributed by atoms with van der Waals surface area (Å²) in [7, 11) is -3.97. The fraction of sp³-hybridized carbons (Fsp3) is 0.263. The van der Waals surface area contributed by atoms with Crippen LogP contribution in [0.3, 0.4) is 0 Å². The maximum Gasteiger partial charge on any atom is 0.475 e. The molecule has 144 valence electrons.